The first-order valence-electron chi connectivity index (χ1n) is 22.9. The number of nitrogens with one attached hydrogen (secondary N) is 1. The highest BCUT2D eigenvalue weighted by molar-refractivity contribution is 14.1. The minimum Gasteiger partial charge on any atom is -0.469 e. The van der Waals surface area contributed by atoms with Crippen molar-refractivity contribution in [2.75, 3.05) is 28.4 Å². The third kappa shape index (κ3) is 28.1. The van der Waals surface area contributed by atoms with Gasteiger partial charge in [0, 0.05) is 52.6 Å². The van der Waals surface area contributed by atoms with Crippen molar-refractivity contribution in [1.29, 1.82) is 0 Å². The van der Waals surface area contributed by atoms with Crippen LogP contribution in [0.1, 0.15) is 85.1 Å². The number of nitrogens with zero attached hydrogens (tertiary/aromatic N) is 5. The molecular formula is C55H68Cl5IN6O10. The lowest BCUT2D eigenvalue weighted by molar-refractivity contribution is -0.151. The number of aromatic amines is 1. The lowest BCUT2D eigenvalue weighted by Crippen LogP contribution is -2.29. The molecule has 0 bridgehead atoms. The van der Waals surface area contributed by atoms with Gasteiger partial charge in [0.05, 0.1) is 62.5 Å². The molecule has 0 spiro atoms. The van der Waals surface area contributed by atoms with Crippen LogP contribution in [0.15, 0.2) is 120 Å². The molecule has 0 radical (unpaired) electrons. The Kier molecular flexibility index (Phi) is 33.3. The van der Waals surface area contributed by atoms with Gasteiger partial charge in [-0.05, 0) is 166 Å². The average molecular weight is 1280 g/mol. The molecule has 0 saturated heterocycles. The number of pyridine rings is 6. The molecule has 420 valence electrons. The van der Waals surface area contributed by atoms with Gasteiger partial charge in [0.15, 0.2) is 0 Å². The van der Waals surface area contributed by atoms with E-state index in [0.29, 0.717) is 51.4 Å². The molecule has 22 heteroatoms. The average Bonchev–Trinajstić information content (AvgIpc) is 3.37. The smallest absolute Gasteiger partial charge is 0.311 e. The molecule has 77 heavy (non-hydrogen) atoms. The van der Waals surface area contributed by atoms with Crippen molar-refractivity contribution in [2.45, 2.75) is 88.0 Å². The second-order valence-electron chi connectivity index (χ2n) is 18.4. The SMILES string of the molecule is C.COC(=O)C(C)(C)Cc1cc[nH]c(=O)c1.COC(=O)C(C)(C)Cc1ccn(-c2ccc(Cl)nc2)c(=O)c1.COC(=O)C(C)(C)Cc1ccnc(Cl)c1.COC(=O)C(C)C.ClCc1ccnc(Cl)c1.Clc1ccc(I)cn1. The van der Waals surface area contributed by atoms with Crippen LogP contribution in [0.3, 0.4) is 0 Å². The molecule has 0 aliphatic carbocycles. The van der Waals surface area contributed by atoms with Crippen molar-refractivity contribution < 1.29 is 38.1 Å². The fraction of sp³-hybridized carbons (Fsp3) is 0.382. The Balaban J connectivity index is 0.000000939. The number of hydrogen-bond acceptors (Lipinski definition) is 14. The fourth-order valence-corrected chi connectivity index (χ4v) is 7.30. The first-order chi connectivity index (χ1) is 35.5. The summed E-state index contributed by atoms with van der Waals surface area (Å²) < 4.78 is 21.1. The Bertz CT molecular complexity index is 2860. The second-order valence-corrected chi connectivity index (χ2v) is 21.4. The summed E-state index contributed by atoms with van der Waals surface area (Å²) in [6.45, 7) is 14.4. The first kappa shape index (κ1) is 71.6. The highest BCUT2D eigenvalue weighted by Crippen LogP contribution is 2.25. The van der Waals surface area contributed by atoms with Gasteiger partial charge in [-0.2, -0.15) is 0 Å². The summed E-state index contributed by atoms with van der Waals surface area (Å²) in [7, 11) is 5.50. The third-order valence-electron chi connectivity index (χ3n) is 10.1. The summed E-state index contributed by atoms with van der Waals surface area (Å²) in [5.74, 6) is -0.468. The summed E-state index contributed by atoms with van der Waals surface area (Å²) >= 11 is 30.2. The number of carbonyl (C=O) groups is 4. The fourth-order valence-electron chi connectivity index (χ4n) is 6.20. The van der Waals surface area contributed by atoms with Crippen molar-refractivity contribution in [1.82, 2.24) is 29.5 Å². The molecule has 0 amide bonds. The Morgan fingerprint density at radius 2 is 1.03 bits per heavy atom. The van der Waals surface area contributed by atoms with E-state index in [9.17, 15) is 28.8 Å². The number of ether oxygens (including phenoxy) is 4. The monoisotopic (exact) mass is 1270 g/mol. The minimum absolute atomic E-state index is 0. The Labute approximate surface area is 490 Å². The Morgan fingerprint density at radius 3 is 1.36 bits per heavy atom. The van der Waals surface area contributed by atoms with E-state index in [4.69, 9.17) is 72.2 Å². The second kappa shape index (κ2) is 35.9. The summed E-state index contributed by atoms with van der Waals surface area (Å²) in [5, 5.41) is 1.85. The number of H-pyrrole nitrogens is 1. The molecule has 6 aromatic rings. The number of aromatic nitrogens is 6. The highest BCUT2D eigenvalue weighted by Gasteiger charge is 2.31. The number of esters is 4. The van der Waals surface area contributed by atoms with E-state index in [1.54, 1.807) is 115 Å². The van der Waals surface area contributed by atoms with Crippen LogP contribution in [0, 0.1) is 25.7 Å². The van der Waals surface area contributed by atoms with Crippen molar-refractivity contribution in [3.63, 3.8) is 0 Å². The van der Waals surface area contributed by atoms with E-state index in [-0.39, 0.29) is 48.3 Å². The van der Waals surface area contributed by atoms with Gasteiger partial charge in [0.25, 0.3) is 5.56 Å². The zero-order valence-electron chi connectivity index (χ0n) is 44.4. The van der Waals surface area contributed by atoms with E-state index in [1.165, 1.54) is 51.3 Å². The van der Waals surface area contributed by atoms with Gasteiger partial charge in [-0.25, -0.2) is 19.9 Å². The predicted octanol–water partition coefficient (Wildman–Crippen LogP) is 12.5. The molecule has 6 heterocycles. The van der Waals surface area contributed by atoms with Crippen molar-refractivity contribution in [2.24, 2.45) is 22.2 Å². The third-order valence-corrected chi connectivity index (χ3v) is 11.9. The number of carbonyl (C=O) groups excluding carboxylic acids is 4. The van der Waals surface area contributed by atoms with Gasteiger partial charge in [-0.1, -0.05) is 67.7 Å². The molecule has 0 aliphatic rings. The van der Waals surface area contributed by atoms with E-state index in [0.717, 1.165) is 25.8 Å². The van der Waals surface area contributed by atoms with Crippen LogP contribution >= 0.6 is 80.6 Å². The molecule has 1 N–H and O–H groups in total. The van der Waals surface area contributed by atoms with E-state index >= 15 is 0 Å². The quantitative estimate of drug-likeness (QED) is 0.0397. The number of halogens is 6. The molecule has 0 unspecified atom stereocenters. The molecule has 0 aromatic carbocycles. The minimum atomic E-state index is -0.685. The zero-order valence-corrected chi connectivity index (χ0v) is 50.3. The maximum atomic E-state index is 12.2. The molecule has 6 rings (SSSR count). The maximum Gasteiger partial charge on any atom is 0.311 e. The molecule has 0 saturated carbocycles. The van der Waals surface area contributed by atoms with Crippen LogP contribution in [-0.4, -0.2) is 81.8 Å². The van der Waals surface area contributed by atoms with Crippen molar-refractivity contribution in [3.8, 4) is 5.69 Å². The first-order valence-corrected chi connectivity index (χ1v) is 26.0. The van der Waals surface area contributed by atoms with Crippen LogP contribution in [0.4, 0.5) is 0 Å². The van der Waals surface area contributed by atoms with Gasteiger partial charge < -0.3 is 23.9 Å². The van der Waals surface area contributed by atoms with Crippen LogP contribution in [0.25, 0.3) is 5.69 Å². The van der Waals surface area contributed by atoms with Crippen molar-refractivity contribution >= 4 is 104 Å². The highest BCUT2D eigenvalue weighted by atomic mass is 127. The molecular weight excluding hydrogens is 1210 g/mol. The normalized spacial score (nSPS) is 10.5. The molecule has 0 atom stereocenters. The number of hydrogen-bond donors (Lipinski definition) is 1. The Morgan fingerprint density at radius 1 is 0.584 bits per heavy atom. The van der Waals surface area contributed by atoms with Gasteiger partial charge in [0.1, 0.15) is 20.6 Å². The predicted molar refractivity (Wildman–Crippen MR) is 314 cm³/mol. The lowest BCUT2D eigenvalue weighted by Gasteiger charge is -2.21. The van der Waals surface area contributed by atoms with Crippen LogP contribution in [0.2, 0.25) is 20.6 Å². The van der Waals surface area contributed by atoms with E-state index < -0.39 is 16.2 Å². The zero-order chi connectivity index (χ0) is 57.8. The van der Waals surface area contributed by atoms with Crippen LogP contribution in [-0.2, 0) is 63.3 Å². The van der Waals surface area contributed by atoms with Gasteiger partial charge in [-0.15, -0.1) is 11.6 Å². The summed E-state index contributed by atoms with van der Waals surface area (Å²) in [4.78, 5) is 86.2. The van der Waals surface area contributed by atoms with Crippen molar-refractivity contribution in [3.05, 3.63) is 177 Å². The van der Waals surface area contributed by atoms with E-state index in [2.05, 4.69) is 52.2 Å². The summed E-state index contributed by atoms with van der Waals surface area (Å²) in [6.07, 6.45) is 11.3. The molecule has 0 aliphatic heterocycles. The van der Waals surface area contributed by atoms with Crippen LogP contribution in [0.5, 0.6) is 0 Å². The number of methoxy groups -OCH3 is 4. The van der Waals surface area contributed by atoms with E-state index in [1.807, 2.05) is 32.0 Å². The molecule has 16 nitrogen and oxygen atoms in total. The van der Waals surface area contributed by atoms with Gasteiger partial charge in [-0.3, -0.25) is 33.3 Å². The standard InChI is InChI=1S/C16H17ClN2O3.C11H14ClNO2.C11H15NO3.C6H5Cl2N.C5H3ClIN.C5H10O2.CH4/c1-16(2,15(21)22-3)9-11-6-7-19(14(20)8-11)12-4-5-13(17)18-10-12;1-11(2,10(14)15-3)7-8-4-5-13-9(12)6-8;1-11(2,10(14)15-3)7-8-4-5-12-9(13)6-8;7-4-5-1-2-9-6(8)3-5;6-5-2-1-4(7)3-8-5;1-4(2)5(6)7-3;/h4-8,10H,9H2,1-3H3;4-6H,7H2,1-3H3;4-6H,7H2,1-3H3,(H,12,13);1-3H,4H2;1-3H;4H,1-3H3;1H4. The lowest BCUT2D eigenvalue weighted by atomic mass is 9.86. The number of rotatable bonds is 12. The Hall–Kier alpha value is -5.44. The summed E-state index contributed by atoms with van der Waals surface area (Å²) in [6, 6.07) is 20.8. The molecule has 0 fully saturated rings. The summed E-state index contributed by atoms with van der Waals surface area (Å²) in [5.41, 5.74) is 2.02. The van der Waals surface area contributed by atoms with Crippen LogP contribution < -0.4 is 11.1 Å². The molecule has 6 aromatic heterocycles. The number of alkyl halides is 1. The maximum absolute atomic E-state index is 12.2. The van der Waals surface area contributed by atoms with Gasteiger partial charge in [0.2, 0.25) is 5.56 Å². The topological polar surface area (TPSA) is 212 Å². The van der Waals surface area contributed by atoms with Gasteiger partial charge >= 0.3 is 23.9 Å². The largest absolute Gasteiger partial charge is 0.469 e.